The van der Waals surface area contributed by atoms with Gasteiger partial charge in [-0.1, -0.05) is 27.7 Å². The van der Waals surface area contributed by atoms with E-state index >= 15 is 0 Å². The summed E-state index contributed by atoms with van der Waals surface area (Å²) in [5, 5.41) is 9.68. The van der Waals surface area contributed by atoms with Gasteiger partial charge < -0.3 is 20.9 Å². The van der Waals surface area contributed by atoms with Crippen LogP contribution >= 0.6 is 0 Å². The van der Waals surface area contributed by atoms with Crippen LogP contribution in [0.4, 0.5) is 0 Å². The van der Waals surface area contributed by atoms with Gasteiger partial charge >= 0.3 is 0 Å². The Kier molecular flexibility index (Phi) is 8.19. The van der Waals surface area contributed by atoms with E-state index in [0.29, 0.717) is 25.2 Å². The summed E-state index contributed by atoms with van der Waals surface area (Å²) in [5.74, 6) is 0.115. The van der Waals surface area contributed by atoms with E-state index in [1.54, 1.807) is 12.3 Å². The van der Waals surface area contributed by atoms with E-state index < -0.39 is 6.04 Å². The Morgan fingerprint density at radius 2 is 1.80 bits per heavy atom. The second-order valence-corrected chi connectivity index (χ2v) is 11.9. The molecule has 2 heterocycles. The number of hydrogen-bond acceptors (Lipinski definition) is 6. The number of rotatable bonds is 6. The first-order valence-corrected chi connectivity index (χ1v) is 12.8. The third-order valence-electron chi connectivity index (χ3n) is 6.62. The summed E-state index contributed by atoms with van der Waals surface area (Å²) in [7, 11) is 0. The topological polar surface area (TPSA) is 116 Å². The van der Waals surface area contributed by atoms with E-state index in [9.17, 15) is 14.4 Å². The molecule has 2 fully saturated rings. The highest BCUT2D eigenvalue weighted by Gasteiger charge is 2.43. The maximum absolute atomic E-state index is 13.4. The molecule has 3 rings (SSSR count). The molecule has 1 aliphatic carbocycles. The number of hydrogen-bond donors (Lipinski definition) is 3. The predicted octanol–water partition coefficient (Wildman–Crippen LogP) is 2.31. The zero-order valence-corrected chi connectivity index (χ0v) is 22.3. The van der Waals surface area contributed by atoms with Crippen LogP contribution in [-0.4, -0.2) is 68.8 Å². The van der Waals surface area contributed by atoms with E-state index in [0.717, 1.165) is 19.3 Å². The maximum Gasteiger partial charge on any atom is 0.270 e. The van der Waals surface area contributed by atoms with Crippen molar-refractivity contribution in [2.24, 2.45) is 0 Å². The Balaban J connectivity index is 1.69. The molecule has 4 atom stereocenters. The Labute approximate surface area is 209 Å². The van der Waals surface area contributed by atoms with Gasteiger partial charge in [-0.05, 0) is 52.5 Å². The third-order valence-corrected chi connectivity index (χ3v) is 6.62. The fourth-order valence-electron chi connectivity index (χ4n) is 4.98. The smallest absolute Gasteiger partial charge is 0.270 e. The molecule has 3 N–H and O–H groups in total. The van der Waals surface area contributed by atoms with Crippen LogP contribution in [-0.2, 0) is 15.0 Å². The van der Waals surface area contributed by atoms with Gasteiger partial charge in [-0.25, -0.2) is 9.97 Å². The molecule has 0 aromatic carbocycles. The van der Waals surface area contributed by atoms with E-state index in [2.05, 4.69) is 46.7 Å². The molecule has 9 heteroatoms. The number of nitrogens with zero attached hydrogens (tertiary/aromatic N) is 3. The van der Waals surface area contributed by atoms with Crippen LogP contribution in [0.2, 0.25) is 0 Å². The number of carbonyl (C=O) groups is 3. The minimum Gasteiger partial charge on any atom is -0.351 e. The molecular formula is C26H42N6O3. The molecule has 194 valence electrons. The lowest BCUT2D eigenvalue weighted by molar-refractivity contribution is -0.133. The van der Waals surface area contributed by atoms with Crippen molar-refractivity contribution in [3.05, 3.63) is 23.8 Å². The Hall–Kier alpha value is -2.55. The zero-order chi connectivity index (χ0) is 26.0. The zero-order valence-electron chi connectivity index (χ0n) is 22.3. The van der Waals surface area contributed by atoms with Crippen LogP contribution in [0.25, 0.3) is 0 Å². The van der Waals surface area contributed by atoms with Gasteiger partial charge in [-0.2, -0.15) is 0 Å². The lowest BCUT2D eigenvalue weighted by atomic mass is 9.84. The van der Waals surface area contributed by atoms with E-state index in [1.807, 2.05) is 32.6 Å². The Morgan fingerprint density at radius 1 is 1.09 bits per heavy atom. The van der Waals surface area contributed by atoms with Crippen LogP contribution in [0, 0.1) is 0 Å². The molecule has 9 nitrogen and oxygen atoms in total. The molecule has 2 aliphatic rings. The van der Waals surface area contributed by atoms with Crippen LogP contribution in [0.3, 0.4) is 0 Å². The van der Waals surface area contributed by atoms with Crippen molar-refractivity contribution in [1.82, 2.24) is 30.8 Å². The molecule has 1 aliphatic heterocycles. The molecule has 1 saturated carbocycles. The first-order valence-electron chi connectivity index (χ1n) is 12.8. The molecule has 35 heavy (non-hydrogen) atoms. The molecule has 1 aromatic rings. The normalized spacial score (nSPS) is 25.5. The standard InChI is InChI=1S/C26H42N6O3/c1-8-21(33)28-19-15-16(31-26(5,6)7)9-10-20(19)32-14-12-18(23(32)35)29-22(34)17-11-13-27-24(30-17)25(2,3)4/h11,13,16,18-20,31H,8-10,12,14-15H2,1-7H3,(H,28,33)(H,29,34)/t16-,18+,19-,20+/m1/s1. The molecule has 1 saturated heterocycles. The van der Waals surface area contributed by atoms with Gasteiger partial charge in [0, 0.05) is 36.2 Å². The van der Waals surface area contributed by atoms with Gasteiger partial charge in [-0.15, -0.1) is 0 Å². The highest BCUT2D eigenvalue weighted by Crippen LogP contribution is 2.29. The van der Waals surface area contributed by atoms with Gasteiger partial charge in [0.2, 0.25) is 11.8 Å². The number of nitrogens with one attached hydrogen (secondary N) is 3. The van der Waals surface area contributed by atoms with Crippen molar-refractivity contribution in [3.8, 4) is 0 Å². The largest absolute Gasteiger partial charge is 0.351 e. The summed E-state index contributed by atoms with van der Waals surface area (Å²) in [4.78, 5) is 49.1. The lowest BCUT2D eigenvalue weighted by Gasteiger charge is -2.43. The van der Waals surface area contributed by atoms with Crippen molar-refractivity contribution in [2.75, 3.05) is 6.54 Å². The van der Waals surface area contributed by atoms with Crippen molar-refractivity contribution in [3.63, 3.8) is 0 Å². The van der Waals surface area contributed by atoms with Crippen molar-refractivity contribution < 1.29 is 14.4 Å². The quantitative estimate of drug-likeness (QED) is 0.568. The van der Waals surface area contributed by atoms with E-state index in [4.69, 9.17) is 0 Å². The average Bonchev–Trinajstić information content (AvgIpc) is 3.12. The van der Waals surface area contributed by atoms with Crippen LogP contribution in [0.1, 0.15) is 96.9 Å². The Bertz CT molecular complexity index is 936. The molecule has 0 radical (unpaired) electrons. The van der Waals surface area contributed by atoms with Crippen LogP contribution in [0.15, 0.2) is 12.3 Å². The summed E-state index contributed by atoms with van der Waals surface area (Å²) in [6.07, 6.45) is 5.02. The second kappa shape index (κ2) is 10.6. The molecular weight excluding hydrogens is 444 g/mol. The van der Waals surface area contributed by atoms with Gasteiger partial charge in [0.05, 0.1) is 12.1 Å². The highest BCUT2D eigenvalue weighted by atomic mass is 16.2. The monoisotopic (exact) mass is 486 g/mol. The van der Waals surface area contributed by atoms with Gasteiger partial charge in [0.1, 0.15) is 17.6 Å². The third kappa shape index (κ3) is 6.99. The van der Waals surface area contributed by atoms with Crippen LogP contribution < -0.4 is 16.0 Å². The number of aromatic nitrogens is 2. The first-order chi connectivity index (χ1) is 16.3. The second-order valence-electron chi connectivity index (χ2n) is 11.9. The fourth-order valence-corrected chi connectivity index (χ4v) is 4.98. The first kappa shape index (κ1) is 27.0. The minimum absolute atomic E-state index is 0.00804. The number of likely N-dealkylation sites (tertiary alicyclic amines) is 1. The number of carbonyl (C=O) groups excluding carboxylic acids is 3. The van der Waals surface area contributed by atoms with E-state index in [-0.39, 0.29) is 52.5 Å². The fraction of sp³-hybridized carbons (Fsp3) is 0.731. The van der Waals surface area contributed by atoms with Gasteiger partial charge in [-0.3, -0.25) is 14.4 Å². The summed E-state index contributed by atoms with van der Waals surface area (Å²) in [6.45, 7) is 14.8. The summed E-state index contributed by atoms with van der Waals surface area (Å²) < 4.78 is 0. The molecule has 0 unspecified atom stereocenters. The minimum atomic E-state index is -0.594. The van der Waals surface area contributed by atoms with Gasteiger partial charge in [0.15, 0.2) is 0 Å². The molecule has 0 spiro atoms. The predicted molar refractivity (Wildman–Crippen MR) is 135 cm³/mol. The number of amides is 3. The Morgan fingerprint density at radius 3 is 2.43 bits per heavy atom. The summed E-state index contributed by atoms with van der Waals surface area (Å²) in [6, 6.07) is 1.05. The van der Waals surface area contributed by atoms with Crippen molar-refractivity contribution in [1.29, 1.82) is 0 Å². The van der Waals surface area contributed by atoms with E-state index in [1.165, 1.54) is 0 Å². The van der Waals surface area contributed by atoms with Crippen molar-refractivity contribution in [2.45, 2.75) is 116 Å². The van der Waals surface area contributed by atoms with Crippen molar-refractivity contribution >= 4 is 17.7 Å². The average molecular weight is 487 g/mol. The maximum atomic E-state index is 13.4. The lowest BCUT2D eigenvalue weighted by Crippen LogP contribution is -2.59. The molecule has 0 bridgehead atoms. The summed E-state index contributed by atoms with van der Waals surface area (Å²) >= 11 is 0. The molecule has 1 aromatic heterocycles. The van der Waals surface area contributed by atoms with Crippen LogP contribution in [0.5, 0.6) is 0 Å². The highest BCUT2D eigenvalue weighted by molar-refractivity contribution is 5.96. The SMILES string of the molecule is CCC(=O)N[C@@H]1C[C@H](NC(C)(C)C)CC[C@@H]1N1CC[C@H](NC(=O)c2ccnc(C(C)(C)C)n2)C1=O. The molecule has 3 amide bonds. The summed E-state index contributed by atoms with van der Waals surface area (Å²) in [5.41, 5.74) is -0.0451. The van der Waals surface area contributed by atoms with Gasteiger partial charge in [0.25, 0.3) is 5.91 Å².